The van der Waals surface area contributed by atoms with E-state index in [1.807, 2.05) is 0 Å². The Labute approximate surface area is 118 Å². The van der Waals surface area contributed by atoms with Crippen LogP contribution in [-0.4, -0.2) is 25.5 Å². The molecule has 0 unspecified atom stereocenters. The molecule has 1 fully saturated rings. The Kier molecular flexibility index (Phi) is 5.24. The predicted octanol–water partition coefficient (Wildman–Crippen LogP) is 3.79. The summed E-state index contributed by atoms with van der Waals surface area (Å²) >= 11 is 0. The molecule has 0 atom stereocenters. The lowest BCUT2D eigenvalue weighted by Gasteiger charge is -2.22. The zero-order valence-electron chi connectivity index (χ0n) is 10.8. The number of hydrogen-bond donors (Lipinski definition) is 0. The van der Waals surface area contributed by atoms with Gasteiger partial charge in [0.25, 0.3) is 0 Å². The Morgan fingerprint density at radius 1 is 1.05 bits per heavy atom. The molecule has 1 aliphatic carbocycles. The summed E-state index contributed by atoms with van der Waals surface area (Å²) < 4.78 is 57.1. The van der Waals surface area contributed by atoms with E-state index in [4.69, 9.17) is 4.84 Å². The third-order valence-electron chi connectivity index (χ3n) is 2.86. The minimum absolute atomic E-state index is 0.0828. The average molecular weight is 307 g/mol. The molecule has 21 heavy (non-hydrogen) atoms. The van der Waals surface area contributed by atoms with Crippen LogP contribution in [0.1, 0.15) is 24.8 Å². The Bertz CT molecular complexity index is 492. The summed E-state index contributed by atoms with van der Waals surface area (Å²) in [7, 11) is 0. The van der Waals surface area contributed by atoms with Crippen molar-refractivity contribution in [3.8, 4) is 11.5 Å². The van der Waals surface area contributed by atoms with Crippen LogP contribution in [0, 0.1) is 0 Å². The maximum absolute atomic E-state index is 12.3. The molecule has 0 radical (unpaired) electrons. The molecule has 1 aromatic rings. The molecule has 2 rings (SSSR count). The minimum Gasteiger partial charge on any atom is -0.431 e. The first-order chi connectivity index (χ1) is 10.0. The van der Waals surface area contributed by atoms with Gasteiger partial charge < -0.3 is 14.3 Å². The zero-order chi connectivity index (χ0) is 15.2. The van der Waals surface area contributed by atoms with E-state index in [2.05, 4.69) is 14.6 Å². The van der Waals surface area contributed by atoms with Crippen molar-refractivity contribution in [3.05, 3.63) is 23.8 Å². The fourth-order valence-electron chi connectivity index (χ4n) is 1.64. The molecule has 0 spiro atoms. The predicted molar refractivity (Wildman–Crippen MR) is 66.0 cm³/mol. The van der Waals surface area contributed by atoms with Gasteiger partial charge in [0.1, 0.15) is 6.10 Å². The minimum atomic E-state index is -3.15. The van der Waals surface area contributed by atoms with Crippen LogP contribution in [0.5, 0.6) is 11.5 Å². The van der Waals surface area contributed by atoms with Crippen molar-refractivity contribution in [1.82, 2.24) is 0 Å². The van der Waals surface area contributed by atoms with Crippen LogP contribution in [-0.2, 0) is 4.84 Å². The average Bonchev–Trinajstić information content (AvgIpc) is 2.34. The molecule has 0 bridgehead atoms. The van der Waals surface area contributed by atoms with Crippen molar-refractivity contribution in [2.75, 3.05) is 0 Å². The molecule has 0 heterocycles. The van der Waals surface area contributed by atoms with Crippen molar-refractivity contribution < 1.29 is 31.9 Å². The van der Waals surface area contributed by atoms with Gasteiger partial charge in [0.15, 0.2) is 11.5 Å². The van der Waals surface area contributed by atoms with Crippen LogP contribution in [0.3, 0.4) is 0 Å². The number of oxime groups is 1. The summed E-state index contributed by atoms with van der Waals surface area (Å²) in [6, 6.07) is 3.61. The van der Waals surface area contributed by atoms with Crippen molar-refractivity contribution in [2.24, 2.45) is 5.16 Å². The number of rotatable bonds is 7. The summed E-state index contributed by atoms with van der Waals surface area (Å²) in [4.78, 5) is 5.13. The van der Waals surface area contributed by atoms with Gasteiger partial charge in [-0.05, 0) is 37.5 Å². The molecular weight excluding hydrogens is 294 g/mol. The van der Waals surface area contributed by atoms with Crippen molar-refractivity contribution in [1.29, 1.82) is 0 Å². The summed E-state index contributed by atoms with van der Waals surface area (Å²) in [6.45, 7) is -6.28. The molecular formula is C13H13F4NO3. The normalized spacial score (nSPS) is 15.5. The highest BCUT2D eigenvalue weighted by atomic mass is 19.3. The third kappa shape index (κ3) is 4.80. The van der Waals surface area contributed by atoms with E-state index in [-0.39, 0.29) is 6.10 Å². The van der Waals surface area contributed by atoms with Gasteiger partial charge in [-0.2, -0.15) is 17.6 Å². The third-order valence-corrected chi connectivity index (χ3v) is 2.86. The SMILES string of the molecule is FC(F)Oc1ccc(/C=N\OC2CCC2)cc1OC(F)F. The van der Waals surface area contributed by atoms with Crippen LogP contribution >= 0.6 is 0 Å². The molecule has 4 nitrogen and oxygen atoms in total. The van der Waals surface area contributed by atoms with E-state index in [0.29, 0.717) is 5.56 Å². The van der Waals surface area contributed by atoms with Gasteiger partial charge in [-0.25, -0.2) is 0 Å². The van der Waals surface area contributed by atoms with Gasteiger partial charge in [0.05, 0.1) is 6.21 Å². The largest absolute Gasteiger partial charge is 0.431 e. The summed E-state index contributed by atoms with van der Waals surface area (Å²) in [5.41, 5.74) is 0.367. The van der Waals surface area contributed by atoms with Gasteiger partial charge in [-0.3, -0.25) is 0 Å². The molecule has 0 amide bonds. The van der Waals surface area contributed by atoms with Crippen LogP contribution in [0.2, 0.25) is 0 Å². The summed E-state index contributed by atoms with van der Waals surface area (Å²) in [5, 5.41) is 3.72. The van der Waals surface area contributed by atoms with Gasteiger partial charge in [-0.15, -0.1) is 0 Å². The van der Waals surface area contributed by atoms with E-state index >= 15 is 0 Å². The number of halogens is 4. The molecule has 1 saturated carbocycles. The molecule has 0 saturated heterocycles. The molecule has 8 heteroatoms. The number of hydrogen-bond acceptors (Lipinski definition) is 4. The molecule has 0 aromatic heterocycles. The highest BCUT2D eigenvalue weighted by Crippen LogP contribution is 2.30. The topological polar surface area (TPSA) is 40.0 Å². The second-order valence-corrected chi connectivity index (χ2v) is 4.36. The first-order valence-electron chi connectivity index (χ1n) is 6.27. The molecule has 1 aromatic carbocycles. The Morgan fingerprint density at radius 2 is 1.71 bits per heavy atom. The van der Waals surface area contributed by atoms with E-state index in [1.54, 1.807) is 0 Å². The molecule has 116 valence electrons. The van der Waals surface area contributed by atoms with Crippen LogP contribution in [0.25, 0.3) is 0 Å². The van der Waals surface area contributed by atoms with Gasteiger partial charge in [0, 0.05) is 5.56 Å². The van der Waals surface area contributed by atoms with Crippen LogP contribution in [0.4, 0.5) is 17.6 Å². The number of ether oxygens (including phenoxy) is 2. The second kappa shape index (κ2) is 7.14. The monoisotopic (exact) mass is 307 g/mol. The second-order valence-electron chi connectivity index (χ2n) is 4.36. The van der Waals surface area contributed by atoms with Crippen LogP contribution < -0.4 is 9.47 Å². The smallest absolute Gasteiger partial charge is 0.387 e. The van der Waals surface area contributed by atoms with Gasteiger partial charge >= 0.3 is 13.2 Å². The highest BCUT2D eigenvalue weighted by Gasteiger charge is 2.18. The lowest BCUT2D eigenvalue weighted by Crippen LogP contribution is -2.18. The number of nitrogens with zero attached hydrogens (tertiary/aromatic N) is 1. The van der Waals surface area contributed by atoms with Crippen molar-refractivity contribution in [3.63, 3.8) is 0 Å². The molecule has 0 aliphatic heterocycles. The van der Waals surface area contributed by atoms with E-state index in [1.165, 1.54) is 12.3 Å². The van der Waals surface area contributed by atoms with E-state index in [0.717, 1.165) is 31.4 Å². The number of benzene rings is 1. The fourth-order valence-corrected chi connectivity index (χ4v) is 1.64. The summed E-state index contributed by atoms with van der Waals surface area (Å²) in [5.74, 6) is -0.958. The van der Waals surface area contributed by atoms with Crippen molar-refractivity contribution in [2.45, 2.75) is 38.6 Å². The summed E-state index contributed by atoms with van der Waals surface area (Å²) in [6.07, 6.45) is 4.32. The lowest BCUT2D eigenvalue weighted by atomic mass is 9.97. The maximum atomic E-state index is 12.3. The standard InChI is InChI=1S/C13H13F4NO3/c14-12(15)19-10-5-4-8(6-11(10)20-13(16)17)7-18-21-9-2-1-3-9/h4-7,9,12-13H,1-3H2/b18-7-. The van der Waals surface area contributed by atoms with Crippen LogP contribution in [0.15, 0.2) is 23.4 Å². The van der Waals surface area contributed by atoms with Crippen molar-refractivity contribution >= 4 is 6.21 Å². The Morgan fingerprint density at radius 3 is 2.29 bits per heavy atom. The Balaban J connectivity index is 2.07. The van der Waals surface area contributed by atoms with Gasteiger partial charge in [-0.1, -0.05) is 5.16 Å². The Hall–Kier alpha value is -1.99. The zero-order valence-corrected chi connectivity index (χ0v) is 10.8. The maximum Gasteiger partial charge on any atom is 0.387 e. The fraction of sp³-hybridized carbons (Fsp3) is 0.462. The van der Waals surface area contributed by atoms with Gasteiger partial charge in [0.2, 0.25) is 0 Å². The first-order valence-corrected chi connectivity index (χ1v) is 6.27. The highest BCUT2D eigenvalue weighted by molar-refractivity contribution is 5.80. The molecule has 1 aliphatic rings. The molecule has 0 N–H and O–H groups in total. The van der Waals surface area contributed by atoms with E-state index < -0.39 is 24.7 Å². The van der Waals surface area contributed by atoms with E-state index in [9.17, 15) is 17.6 Å². The lowest BCUT2D eigenvalue weighted by molar-refractivity contribution is -0.0692. The quantitative estimate of drug-likeness (QED) is 0.437. The first kappa shape index (κ1) is 15.4. The number of alkyl halides is 4.